The largest absolute Gasteiger partial charge is 0.486 e. The number of aromatic nitrogens is 2. The van der Waals surface area contributed by atoms with Crippen molar-refractivity contribution < 1.29 is 23.0 Å². The highest BCUT2D eigenvalue weighted by Crippen LogP contribution is 2.37. The number of anilines is 1. The van der Waals surface area contributed by atoms with Gasteiger partial charge in [-0.1, -0.05) is 0 Å². The van der Waals surface area contributed by atoms with Gasteiger partial charge in [0.2, 0.25) is 5.88 Å². The first-order valence-electron chi connectivity index (χ1n) is 6.53. The van der Waals surface area contributed by atoms with E-state index in [1.54, 1.807) is 7.05 Å². The Morgan fingerprint density at radius 1 is 1.36 bits per heavy atom. The molecule has 0 radical (unpaired) electrons. The van der Waals surface area contributed by atoms with E-state index in [0.29, 0.717) is 0 Å². The lowest BCUT2D eigenvalue weighted by molar-refractivity contribution is 0.0971. The number of amides is 1. The van der Waals surface area contributed by atoms with Gasteiger partial charge < -0.3 is 9.47 Å². The number of hydrogen-bond donors (Lipinski definition) is 0. The van der Waals surface area contributed by atoms with Gasteiger partial charge in [-0.2, -0.15) is 0 Å². The predicted octanol–water partition coefficient (Wildman–Crippen LogP) is 1.75. The van der Waals surface area contributed by atoms with Crippen molar-refractivity contribution >= 4 is 11.6 Å². The second kappa shape index (κ2) is 5.28. The smallest absolute Gasteiger partial charge is 0.265 e. The minimum atomic E-state index is -0.729. The number of carbonyl (C=O) groups is 1. The summed E-state index contributed by atoms with van der Waals surface area (Å²) in [6.07, 6.45) is 1.47. The molecular formula is C14H13F2N3O3. The van der Waals surface area contributed by atoms with Crippen molar-refractivity contribution in [1.82, 2.24) is 9.78 Å². The van der Waals surface area contributed by atoms with Gasteiger partial charge in [-0.3, -0.25) is 14.4 Å². The number of carbonyl (C=O) groups excluding carboxylic acids is 1. The lowest BCUT2D eigenvalue weighted by Crippen LogP contribution is -2.39. The monoisotopic (exact) mass is 309 g/mol. The van der Waals surface area contributed by atoms with E-state index in [1.807, 2.05) is 0 Å². The summed E-state index contributed by atoms with van der Waals surface area (Å²) in [5, 5.41) is 3.99. The number of rotatable bonds is 2. The Morgan fingerprint density at radius 2 is 2.09 bits per heavy atom. The molecule has 1 amide bonds. The van der Waals surface area contributed by atoms with Crippen LogP contribution in [0.5, 0.6) is 11.6 Å². The molecule has 2 aromatic rings. The molecule has 0 spiro atoms. The molecule has 0 saturated carbocycles. The lowest BCUT2D eigenvalue weighted by atomic mass is 10.2. The maximum absolute atomic E-state index is 14.1. The van der Waals surface area contributed by atoms with E-state index in [9.17, 15) is 13.6 Å². The number of fused-ring (bicyclic) bond motifs is 1. The van der Waals surface area contributed by atoms with Crippen LogP contribution in [-0.4, -0.2) is 35.9 Å². The van der Waals surface area contributed by atoms with Crippen LogP contribution in [0.1, 0.15) is 10.4 Å². The second-order valence-electron chi connectivity index (χ2n) is 4.74. The van der Waals surface area contributed by atoms with Crippen LogP contribution in [0.15, 0.2) is 18.3 Å². The Morgan fingerprint density at radius 3 is 2.82 bits per heavy atom. The van der Waals surface area contributed by atoms with Gasteiger partial charge in [0, 0.05) is 13.2 Å². The normalized spacial score (nSPS) is 13.5. The Labute approximate surface area is 124 Å². The van der Waals surface area contributed by atoms with Gasteiger partial charge in [0.05, 0.1) is 13.7 Å². The van der Waals surface area contributed by atoms with Crippen LogP contribution in [0.25, 0.3) is 0 Å². The van der Waals surface area contributed by atoms with Crippen molar-refractivity contribution in [3.63, 3.8) is 0 Å². The molecule has 2 heterocycles. The maximum Gasteiger partial charge on any atom is 0.265 e. The third kappa shape index (κ3) is 2.16. The number of ether oxygens (including phenoxy) is 2. The fourth-order valence-corrected chi connectivity index (χ4v) is 2.38. The highest BCUT2D eigenvalue weighted by atomic mass is 19.1. The van der Waals surface area contributed by atoms with Crippen molar-refractivity contribution in [3.8, 4) is 11.6 Å². The molecule has 0 aliphatic carbocycles. The fraction of sp³-hybridized carbons (Fsp3) is 0.286. The zero-order valence-electron chi connectivity index (χ0n) is 12.0. The summed E-state index contributed by atoms with van der Waals surface area (Å²) in [5.41, 5.74) is -0.0383. The molecule has 1 aliphatic heterocycles. The third-order valence-electron chi connectivity index (χ3n) is 3.33. The standard InChI is InChI=1S/C14H13F2N3O3/c1-18-7-8(13(17-18)21-2)14(20)19-5-6-22-12-10(16)4-3-9(15)11(12)19/h3-4,7H,5-6H2,1-2H3. The molecule has 0 saturated heterocycles. The Bertz CT molecular complexity index is 745. The molecule has 0 fully saturated rings. The van der Waals surface area contributed by atoms with E-state index in [-0.39, 0.29) is 36.0 Å². The number of benzene rings is 1. The molecular weight excluding hydrogens is 296 g/mol. The van der Waals surface area contributed by atoms with Crippen LogP contribution < -0.4 is 14.4 Å². The van der Waals surface area contributed by atoms with Gasteiger partial charge in [0.1, 0.15) is 17.9 Å². The summed E-state index contributed by atoms with van der Waals surface area (Å²) >= 11 is 0. The van der Waals surface area contributed by atoms with Crippen molar-refractivity contribution in [1.29, 1.82) is 0 Å². The molecule has 8 heteroatoms. The summed E-state index contributed by atoms with van der Waals surface area (Å²) in [4.78, 5) is 13.8. The van der Waals surface area contributed by atoms with Crippen molar-refractivity contribution in [2.24, 2.45) is 7.05 Å². The van der Waals surface area contributed by atoms with Crippen LogP contribution in [0, 0.1) is 11.6 Å². The van der Waals surface area contributed by atoms with Gasteiger partial charge in [0.15, 0.2) is 17.4 Å². The second-order valence-corrected chi connectivity index (χ2v) is 4.74. The molecule has 116 valence electrons. The zero-order chi connectivity index (χ0) is 15.9. The van der Waals surface area contributed by atoms with Gasteiger partial charge in [0.25, 0.3) is 5.91 Å². The van der Waals surface area contributed by atoms with Gasteiger partial charge in [-0.15, -0.1) is 5.10 Å². The Kier molecular flexibility index (Phi) is 3.44. The van der Waals surface area contributed by atoms with Crippen LogP contribution in [0.2, 0.25) is 0 Å². The molecule has 0 atom stereocenters. The van der Waals surface area contributed by atoms with E-state index in [1.165, 1.54) is 18.0 Å². The molecule has 1 aromatic carbocycles. The molecule has 6 nitrogen and oxygen atoms in total. The molecule has 22 heavy (non-hydrogen) atoms. The fourth-order valence-electron chi connectivity index (χ4n) is 2.38. The number of aryl methyl sites for hydroxylation is 1. The minimum absolute atomic E-state index is 0.0711. The molecule has 1 aliphatic rings. The minimum Gasteiger partial charge on any atom is -0.486 e. The van der Waals surface area contributed by atoms with Gasteiger partial charge >= 0.3 is 0 Å². The van der Waals surface area contributed by atoms with E-state index < -0.39 is 17.5 Å². The van der Waals surface area contributed by atoms with Crippen molar-refractivity contribution in [2.45, 2.75) is 0 Å². The lowest BCUT2D eigenvalue weighted by Gasteiger charge is -2.29. The number of nitrogens with zero attached hydrogens (tertiary/aromatic N) is 3. The Hall–Kier alpha value is -2.64. The van der Waals surface area contributed by atoms with Crippen molar-refractivity contribution in [2.75, 3.05) is 25.2 Å². The summed E-state index contributed by atoms with van der Waals surface area (Å²) in [5.74, 6) is -2.11. The first-order valence-corrected chi connectivity index (χ1v) is 6.53. The highest BCUT2D eigenvalue weighted by Gasteiger charge is 2.32. The molecule has 1 aromatic heterocycles. The van der Waals surface area contributed by atoms with E-state index in [2.05, 4.69) is 5.10 Å². The van der Waals surface area contributed by atoms with Crippen LogP contribution in [0.3, 0.4) is 0 Å². The van der Waals surface area contributed by atoms with Gasteiger partial charge in [-0.05, 0) is 12.1 Å². The van der Waals surface area contributed by atoms with E-state index in [4.69, 9.17) is 9.47 Å². The molecule has 0 unspecified atom stereocenters. The third-order valence-corrected chi connectivity index (χ3v) is 3.33. The summed E-state index contributed by atoms with van der Waals surface area (Å²) < 4.78 is 39.4. The Balaban J connectivity index is 2.08. The maximum atomic E-state index is 14.1. The average molecular weight is 309 g/mol. The SMILES string of the molecule is COc1nn(C)cc1C(=O)N1CCOc2c(F)ccc(F)c21. The first kappa shape index (κ1) is 14.3. The molecule has 3 rings (SSSR count). The zero-order valence-corrected chi connectivity index (χ0v) is 12.0. The average Bonchev–Trinajstić information content (AvgIpc) is 2.91. The van der Waals surface area contributed by atoms with E-state index in [0.717, 1.165) is 17.0 Å². The number of halogens is 2. The van der Waals surface area contributed by atoms with Crippen LogP contribution in [-0.2, 0) is 7.05 Å². The van der Waals surface area contributed by atoms with Gasteiger partial charge in [-0.25, -0.2) is 8.78 Å². The summed E-state index contributed by atoms with van der Waals surface area (Å²) in [6.45, 7) is 0.173. The summed E-state index contributed by atoms with van der Waals surface area (Å²) in [7, 11) is 3.01. The quantitative estimate of drug-likeness (QED) is 0.848. The predicted molar refractivity (Wildman–Crippen MR) is 73.3 cm³/mol. The summed E-state index contributed by atoms with van der Waals surface area (Å²) in [6, 6.07) is 1.93. The molecule has 0 N–H and O–H groups in total. The van der Waals surface area contributed by atoms with Crippen LogP contribution in [0.4, 0.5) is 14.5 Å². The van der Waals surface area contributed by atoms with E-state index >= 15 is 0 Å². The first-order chi connectivity index (χ1) is 10.5. The van der Waals surface area contributed by atoms with Crippen molar-refractivity contribution in [3.05, 3.63) is 35.5 Å². The van der Waals surface area contributed by atoms with Crippen LogP contribution >= 0.6 is 0 Å². The number of hydrogen-bond acceptors (Lipinski definition) is 4. The topological polar surface area (TPSA) is 56.6 Å². The number of methoxy groups -OCH3 is 1. The molecule has 0 bridgehead atoms. The highest BCUT2D eigenvalue weighted by molar-refractivity contribution is 6.08.